The summed E-state index contributed by atoms with van der Waals surface area (Å²) in [6.45, 7) is 0.259. The number of hydrogen-bond donors (Lipinski definition) is 2. The number of hydrogen-bond acceptors (Lipinski definition) is 7. The third-order valence-electron chi connectivity index (χ3n) is 2.19. The SMILES string of the molecule is COc1cccc(Br)c1OCc1nnsc1NN. The molecule has 0 aliphatic heterocycles. The highest BCUT2D eigenvalue weighted by molar-refractivity contribution is 9.10. The van der Waals surface area contributed by atoms with Gasteiger partial charge in [-0.05, 0) is 28.1 Å². The molecule has 1 heterocycles. The van der Waals surface area contributed by atoms with E-state index in [2.05, 4.69) is 30.9 Å². The van der Waals surface area contributed by atoms with Crippen LogP contribution in [0.2, 0.25) is 0 Å². The fraction of sp³-hybridized carbons (Fsp3) is 0.200. The molecule has 0 aliphatic carbocycles. The molecule has 0 unspecified atom stereocenters. The van der Waals surface area contributed by atoms with Crippen molar-refractivity contribution in [2.24, 2.45) is 5.84 Å². The molecule has 0 saturated heterocycles. The minimum atomic E-state index is 0.259. The molecule has 0 atom stereocenters. The van der Waals surface area contributed by atoms with Gasteiger partial charge in [-0.2, -0.15) is 0 Å². The Morgan fingerprint density at radius 3 is 3.06 bits per heavy atom. The molecule has 2 rings (SSSR count). The summed E-state index contributed by atoms with van der Waals surface area (Å²) < 4.78 is 15.5. The van der Waals surface area contributed by atoms with Gasteiger partial charge in [0.2, 0.25) is 0 Å². The Morgan fingerprint density at radius 2 is 2.33 bits per heavy atom. The fourth-order valence-corrected chi connectivity index (χ4v) is 2.28. The molecule has 0 spiro atoms. The highest BCUT2D eigenvalue weighted by Gasteiger charge is 2.12. The normalized spacial score (nSPS) is 10.2. The van der Waals surface area contributed by atoms with Gasteiger partial charge in [0.15, 0.2) is 16.5 Å². The van der Waals surface area contributed by atoms with Crippen LogP contribution >= 0.6 is 27.5 Å². The van der Waals surface area contributed by atoms with Crippen LogP contribution in [-0.4, -0.2) is 16.7 Å². The summed E-state index contributed by atoms with van der Waals surface area (Å²) in [5.74, 6) is 6.61. The van der Waals surface area contributed by atoms with Gasteiger partial charge in [0.05, 0.1) is 11.6 Å². The van der Waals surface area contributed by atoms with Crippen molar-refractivity contribution in [3.63, 3.8) is 0 Å². The lowest BCUT2D eigenvalue weighted by Gasteiger charge is -2.11. The topological polar surface area (TPSA) is 82.3 Å². The number of aromatic nitrogens is 2. The number of halogens is 1. The number of nitrogens with one attached hydrogen (secondary N) is 1. The summed E-state index contributed by atoms with van der Waals surface area (Å²) in [6.07, 6.45) is 0. The number of ether oxygens (including phenoxy) is 2. The Hall–Kier alpha value is -1.38. The van der Waals surface area contributed by atoms with Gasteiger partial charge in [-0.3, -0.25) is 0 Å². The lowest BCUT2D eigenvalue weighted by Crippen LogP contribution is -2.09. The van der Waals surface area contributed by atoms with Crippen LogP contribution in [0.5, 0.6) is 11.5 Å². The standard InChI is InChI=1S/C10H11BrN4O2S/c1-16-8-4-2-3-6(11)9(8)17-5-7-10(13-12)18-15-14-7/h2-4,13H,5,12H2,1H3. The lowest BCUT2D eigenvalue weighted by molar-refractivity contribution is 0.279. The van der Waals surface area contributed by atoms with Gasteiger partial charge in [0, 0.05) is 11.5 Å². The van der Waals surface area contributed by atoms with Gasteiger partial charge in [0.25, 0.3) is 0 Å². The number of methoxy groups -OCH3 is 1. The maximum absolute atomic E-state index is 5.68. The van der Waals surface area contributed by atoms with Crippen molar-refractivity contribution < 1.29 is 9.47 Å². The molecule has 0 aliphatic rings. The highest BCUT2D eigenvalue weighted by Crippen LogP contribution is 2.35. The number of nitrogens with two attached hydrogens (primary N) is 1. The summed E-state index contributed by atoms with van der Waals surface area (Å²) in [6, 6.07) is 5.56. The monoisotopic (exact) mass is 330 g/mol. The minimum Gasteiger partial charge on any atom is -0.493 e. The van der Waals surface area contributed by atoms with Crippen molar-refractivity contribution in [2.75, 3.05) is 12.5 Å². The van der Waals surface area contributed by atoms with Crippen LogP contribution in [0.3, 0.4) is 0 Å². The van der Waals surface area contributed by atoms with Crippen LogP contribution < -0.4 is 20.7 Å². The predicted molar refractivity (Wildman–Crippen MR) is 72.7 cm³/mol. The van der Waals surface area contributed by atoms with E-state index in [0.717, 1.165) is 4.47 Å². The molecule has 8 heteroatoms. The molecule has 96 valence electrons. The minimum absolute atomic E-state index is 0.259. The average molecular weight is 331 g/mol. The zero-order valence-electron chi connectivity index (χ0n) is 9.51. The molecule has 0 saturated carbocycles. The summed E-state index contributed by atoms with van der Waals surface area (Å²) in [4.78, 5) is 0. The first-order valence-electron chi connectivity index (χ1n) is 4.99. The van der Waals surface area contributed by atoms with Crippen molar-refractivity contribution in [1.29, 1.82) is 0 Å². The van der Waals surface area contributed by atoms with Gasteiger partial charge in [0.1, 0.15) is 12.3 Å². The zero-order chi connectivity index (χ0) is 13.0. The van der Waals surface area contributed by atoms with E-state index in [0.29, 0.717) is 22.2 Å². The molecule has 0 amide bonds. The first-order chi connectivity index (χ1) is 8.76. The van der Waals surface area contributed by atoms with Gasteiger partial charge in [-0.15, -0.1) is 5.10 Å². The molecule has 0 radical (unpaired) electrons. The largest absolute Gasteiger partial charge is 0.493 e. The van der Waals surface area contributed by atoms with Gasteiger partial charge >= 0.3 is 0 Å². The molecule has 1 aromatic carbocycles. The van der Waals surface area contributed by atoms with E-state index >= 15 is 0 Å². The highest BCUT2D eigenvalue weighted by atomic mass is 79.9. The Kier molecular flexibility index (Phi) is 4.34. The van der Waals surface area contributed by atoms with E-state index in [1.54, 1.807) is 7.11 Å². The zero-order valence-corrected chi connectivity index (χ0v) is 11.9. The number of para-hydroxylation sites is 1. The van der Waals surface area contributed by atoms with E-state index in [1.807, 2.05) is 18.2 Å². The maximum Gasteiger partial charge on any atom is 0.175 e. The van der Waals surface area contributed by atoms with Crippen LogP contribution in [0.15, 0.2) is 22.7 Å². The van der Waals surface area contributed by atoms with E-state index in [1.165, 1.54) is 11.5 Å². The van der Waals surface area contributed by atoms with Crippen molar-refractivity contribution in [1.82, 2.24) is 9.59 Å². The number of anilines is 1. The lowest BCUT2D eigenvalue weighted by atomic mass is 10.3. The van der Waals surface area contributed by atoms with Crippen LogP contribution in [0.25, 0.3) is 0 Å². The molecule has 3 N–H and O–H groups in total. The Labute approximate surface area is 116 Å². The van der Waals surface area contributed by atoms with E-state index in [4.69, 9.17) is 15.3 Å². The maximum atomic E-state index is 5.68. The predicted octanol–water partition coefficient (Wildman–Crippen LogP) is 2.17. The molecule has 18 heavy (non-hydrogen) atoms. The number of nitrogens with zero attached hydrogens (tertiary/aromatic N) is 2. The molecule has 6 nitrogen and oxygen atoms in total. The van der Waals surface area contributed by atoms with Crippen LogP contribution in [-0.2, 0) is 6.61 Å². The Bertz CT molecular complexity index is 534. The van der Waals surface area contributed by atoms with Crippen molar-refractivity contribution >= 4 is 32.5 Å². The summed E-state index contributed by atoms with van der Waals surface area (Å²) in [5.41, 5.74) is 3.18. The Morgan fingerprint density at radius 1 is 1.50 bits per heavy atom. The fourth-order valence-electron chi connectivity index (χ4n) is 1.34. The number of benzene rings is 1. The van der Waals surface area contributed by atoms with Crippen LogP contribution in [0.4, 0.5) is 5.00 Å². The van der Waals surface area contributed by atoms with Crippen molar-refractivity contribution in [3.8, 4) is 11.5 Å². The first-order valence-corrected chi connectivity index (χ1v) is 6.56. The average Bonchev–Trinajstić information content (AvgIpc) is 2.84. The van der Waals surface area contributed by atoms with Gasteiger partial charge < -0.3 is 14.9 Å². The molecule has 2 aromatic rings. The van der Waals surface area contributed by atoms with Gasteiger partial charge in [-0.25, -0.2) is 5.84 Å². The second-order valence-electron chi connectivity index (χ2n) is 3.25. The van der Waals surface area contributed by atoms with Gasteiger partial charge in [-0.1, -0.05) is 10.6 Å². The van der Waals surface area contributed by atoms with E-state index in [9.17, 15) is 0 Å². The third-order valence-corrected chi connectivity index (χ3v) is 3.51. The number of hydrazine groups is 1. The second kappa shape index (κ2) is 5.98. The van der Waals surface area contributed by atoms with Crippen LogP contribution in [0, 0.1) is 0 Å². The smallest absolute Gasteiger partial charge is 0.175 e. The number of nitrogen functional groups attached to an aromatic ring is 1. The molecule has 1 aromatic heterocycles. The summed E-state index contributed by atoms with van der Waals surface area (Å²) in [7, 11) is 1.59. The quantitative estimate of drug-likeness (QED) is 0.645. The molecule has 0 fully saturated rings. The molecular weight excluding hydrogens is 320 g/mol. The second-order valence-corrected chi connectivity index (χ2v) is 4.86. The van der Waals surface area contributed by atoms with E-state index < -0.39 is 0 Å². The van der Waals surface area contributed by atoms with E-state index in [-0.39, 0.29) is 6.61 Å². The van der Waals surface area contributed by atoms with Crippen molar-refractivity contribution in [3.05, 3.63) is 28.4 Å². The van der Waals surface area contributed by atoms with Crippen LogP contribution in [0.1, 0.15) is 5.69 Å². The Balaban J connectivity index is 2.15. The molecule has 0 bridgehead atoms. The first kappa shape index (κ1) is 13.1. The third kappa shape index (κ3) is 2.71. The number of rotatable bonds is 5. The summed E-state index contributed by atoms with van der Waals surface area (Å²) >= 11 is 4.59. The summed E-state index contributed by atoms with van der Waals surface area (Å²) in [5, 5.41) is 4.61. The molecular formula is C10H11BrN4O2S. The van der Waals surface area contributed by atoms with Crippen molar-refractivity contribution in [2.45, 2.75) is 6.61 Å².